The van der Waals surface area contributed by atoms with E-state index in [1.54, 1.807) is 26.4 Å². The van der Waals surface area contributed by atoms with E-state index >= 15 is 0 Å². The van der Waals surface area contributed by atoms with Crippen LogP contribution in [0.25, 0.3) is 33.1 Å². The van der Waals surface area contributed by atoms with Gasteiger partial charge in [0.25, 0.3) is 5.91 Å². The van der Waals surface area contributed by atoms with Crippen LogP contribution < -0.4 is 14.8 Å². The fraction of sp³-hybridized carbons (Fsp3) is 0.182. The second-order valence-corrected chi connectivity index (χ2v) is 6.49. The van der Waals surface area contributed by atoms with E-state index in [1.807, 2.05) is 36.4 Å². The smallest absolute Gasteiger partial charge is 0.270 e. The molecule has 0 aliphatic heterocycles. The summed E-state index contributed by atoms with van der Waals surface area (Å²) in [7, 11) is 3.17. The van der Waals surface area contributed by atoms with E-state index in [1.165, 1.54) is 0 Å². The van der Waals surface area contributed by atoms with E-state index in [2.05, 4.69) is 15.3 Å². The van der Waals surface area contributed by atoms with Crippen molar-refractivity contribution in [3.8, 4) is 22.8 Å². The van der Waals surface area contributed by atoms with Gasteiger partial charge in [0.05, 0.1) is 32.0 Å². The summed E-state index contributed by atoms with van der Waals surface area (Å²) in [6, 6.07) is 15.1. The van der Waals surface area contributed by atoms with Gasteiger partial charge < -0.3 is 24.9 Å². The Labute approximate surface area is 167 Å². The van der Waals surface area contributed by atoms with E-state index in [9.17, 15) is 4.79 Å². The van der Waals surface area contributed by atoms with E-state index in [0.717, 1.165) is 27.4 Å². The number of amides is 1. The standard InChI is InChI=1S/C22H21N3O4/c1-28-13-7-8-15(19(11-13)29-2)20-21-16(14-5-3-4-6-17(14)24-21)12-18(25-20)22(27)23-9-10-26/h3-8,11-12,24,26H,9-10H2,1-2H3,(H,23,27). The number of nitrogens with one attached hydrogen (secondary N) is 2. The van der Waals surface area contributed by atoms with Gasteiger partial charge in [-0.3, -0.25) is 4.79 Å². The molecule has 0 aliphatic rings. The highest BCUT2D eigenvalue weighted by Gasteiger charge is 2.19. The molecule has 2 aromatic heterocycles. The summed E-state index contributed by atoms with van der Waals surface area (Å²) in [5.74, 6) is 0.903. The molecule has 0 saturated heterocycles. The van der Waals surface area contributed by atoms with Gasteiger partial charge in [-0.25, -0.2) is 4.98 Å². The SMILES string of the molecule is COc1ccc(-c2nc(C(=O)NCCO)cc3c2[nH]c2ccccc23)c(OC)c1. The minimum absolute atomic E-state index is 0.139. The summed E-state index contributed by atoms with van der Waals surface area (Å²) in [5, 5.41) is 13.6. The molecule has 4 rings (SSSR count). The summed E-state index contributed by atoms with van der Waals surface area (Å²) in [5.41, 5.74) is 3.37. The molecule has 0 spiro atoms. The summed E-state index contributed by atoms with van der Waals surface area (Å²) < 4.78 is 10.9. The van der Waals surface area contributed by atoms with E-state index in [-0.39, 0.29) is 24.8 Å². The number of rotatable bonds is 6. The Morgan fingerprint density at radius 3 is 2.69 bits per heavy atom. The maximum Gasteiger partial charge on any atom is 0.270 e. The first-order valence-corrected chi connectivity index (χ1v) is 9.19. The number of pyridine rings is 1. The summed E-state index contributed by atoms with van der Waals surface area (Å²) in [6.07, 6.45) is 0. The largest absolute Gasteiger partial charge is 0.497 e. The molecule has 1 amide bonds. The first-order chi connectivity index (χ1) is 14.2. The van der Waals surface area contributed by atoms with Gasteiger partial charge >= 0.3 is 0 Å². The minimum Gasteiger partial charge on any atom is -0.497 e. The number of hydrogen-bond acceptors (Lipinski definition) is 5. The molecule has 2 heterocycles. The molecule has 29 heavy (non-hydrogen) atoms. The normalized spacial score (nSPS) is 11.0. The first kappa shape index (κ1) is 18.8. The van der Waals surface area contributed by atoms with Gasteiger partial charge in [-0.15, -0.1) is 0 Å². The van der Waals surface area contributed by atoms with Crippen LogP contribution >= 0.6 is 0 Å². The van der Waals surface area contributed by atoms with E-state index in [0.29, 0.717) is 17.2 Å². The number of para-hydroxylation sites is 1. The number of aliphatic hydroxyl groups excluding tert-OH is 1. The van der Waals surface area contributed by atoms with Crippen molar-refractivity contribution in [3.05, 3.63) is 54.2 Å². The molecule has 0 unspecified atom stereocenters. The Morgan fingerprint density at radius 2 is 1.93 bits per heavy atom. The van der Waals surface area contributed by atoms with Crippen LogP contribution in [0.3, 0.4) is 0 Å². The summed E-state index contributed by atoms with van der Waals surface area (Å²) >= 11 is 0. The predicted molar refractivity (Wildman–Crippen MR) is 112 cm³/mol. The number of hydrogen-bond donors (Lipinski definition) is 3. The Balaban J connectivity index is 2.00. The molecule has 0 aliphatic carbocycles. The molecule has 0 bridgehead atoms. The lowest BCUT2D eigenvalue weighted by molar-refractivity contribution is 0.0940. The van der Waals surface area contributed by atoms with Crippen LogP contribution in [0.1, 0.15) is 10.5 Å². The highest BCUT2D eigenvalue weighted by Crippen LogP contribution is 2.38. The van der Waals surface area contributed by atoms with Crippen LogP contribution in [0.5, 0.6) is 11.5 Å². The number of H-pyrrole nitrogens is 1. The number of ether oxygens (including phenoxy) is 2. The lowest BCUT2D eigenvalue weighted by Gasteiger charge is -2.12. The topological polar surface area (TPSA) is 96.5 Å². The number of aromatic amines is 1. The third-order valence-electron chi connectivity index (χ3n) is 4.79. The molecule has 0 fully saturated rings. The van der Waals surface area contributed by atoms with Gasteiger partial charge in [0.15, 0.2) is 0 Å². The van der Waals surface area contributed by atoms with Crippen molar-refractivity contribution < 1.29 is 19.4 Å². The molecule has 7 nitrogen and oxygen atoms in total. The molecule has 0 atom stereocenters. The number of aromatic nitrogens is 2. The van der Waals surface area contributed by atoms with Crippen LogP contribution in [0.15, 0.2) is 48.5 Å². The van der Waals surface area contributed by atoms with Crippen LogP contribution in [0, 0.1) is 0 Å². The molecule has 7 heteroatoms. The molecule has 2 aromatic carbocycles. The van der Waals surface area contributed by atoms with Crippen molar-refractivity contribution in [2.24, 2.45) is 0 Å². The number of aliphatic hydroxyl groups is 1. The van der Waals surface area contributed by atoms with Gasteiger partial charge in [-0.1, -0.05) is 18.2 Å². The molecular weight excluding hydrogens is 370 g/mol. The Morgan fingerprint density at radius 1 is 1.10 bits per heavy atom. The number of fused-ring (bicyclic) bond motifs is 3. The lowest BCUT2D eigenvalue weighted by atomic mass is 10.0. The Hall–Kier alpha value is -3.58. The third-order valence-corrected chi connectivity index (χ3v) is 4.79. The number of carbonyl (C=O) groups is 1. The van der Waals surface area contributed by atoms with Crippen LogP contribution in [-0.2, 0) is 0 Å². The second-order valence-electron chi connectivity index (χ2n) is 6.49. The van der Waals surface area contributed by atoms with Crippen molar-refractivity contribution in [1.82, 2.24) is 15.3 Å². The number of carbonyl (C=O) groups excluding carboxylic acids is 1. The minimum atomic E-state index is -0.347. The van der Waals surface area contributed by atoms with Gasteiger partial charge in [0.1, 0.15) is 17.2 Å². The molecular formula is C22H21N3O4. The molecule has 3 N–H and O–H groups in total. The van der Waals surface area contributed by atoms with Crippen molar-refractivity contribution in [3.63, 3.8) is 0 Å². The molecule has 148 valence electrons. The number of benzene rings is 2. The van der Waals surface area contributed by atoms with Crippen LogP contribution in [-0.4, -0.2) is 48.4 Å². The van der Waals surface area contributed by atoms with Gasteiger partial charge in [-0.05, 0) is 24.3 Å². The van der Waals surface area contributed by atoms with Crippen LogP contribution in [0.4, 0.5) is 0 Å². The average molecular weight is 391 g/mol. The van der Waals surface area contributed by atoms with Gasteiger partial charge in [0.2, 0.25) is 0 Å². The monoisotopic (exact) mass is 391 g/mol. The maximum absolute atomic E-state index is 12.6. The predicted octanol–water partition coefficient (Wildman–Crippen LogP) is 3.12. The van der Waals surface area contributed by atoms with Gasteiger partial charge in [0, 0.05) is 34.5 Å². The molecule has 0 radical (unpaired) electrons. The quantitative estimate of drug-likeness (QED) is 0.469. The zero-order valence-corrected chi connectivity index (χ0v) is 16.2. The lowest BCUT2D eigenvalue weighted by Crippen LogP contribution is -2.27. The van der Waals surface area contributed by atoms with Crippen LogP contribution in [0.2, 0.25) is 0 Å². The highest BCUT2D eigenvalue weighted by atomic mass is 16.5. The Kier molecular flexibility index (Phi) is 5.05. The number of nitrogens with zero attached hydrogens (tertiary/aromatic N) is 1. The third kappa shape index (κ3) is 3.36. The zero-order valence-electron chi connectivity index (χ0n) is 16.2. The Bertz CT molecular complexity index is 1200. The summed E-state index contributed by atoms with van der Waals surface area (Å²) in [6.45, 7) is 0.0217. The second kappa shape index (κ2) is 7.81. The number of methoxy groups -OCH3 is 2. The highest BCUT2D eigenvalue weighted by molar-refractivity contribution is 6.13. The first-order valence-electron chi connectivity index (χ1n) is 9.19. The zero-order chi connectivity index (χ0) is 20.4. The average Bonchev–Trinajstić information content (AvgIpc) is 3.15. The van der Waals surface area contributed by atoms with E-state index in [4.69, 9.17) is 14.6 Å². The molecule has 4 aromatic rings. The van der Waals surface area contributed by atoms with Gasteiger partial charge in [-0.2, -0.15) is 0 Å². The molecule has 0 saturated carbocycles. The summed E-state index contributed by atoms with van der Waals surface area (Å²) in [4.78, 5) is 20.6. The fourth-order valence-corrected chi connectivity index (χ4v) is 3.41. The van der Waals surface area contributed by atoms with Crippen molar-refractivity contribution in [2.75, 3.05) is 27.4 Å². The van der Waals surface area contributed by atoms with Crippen molar-refractivity contribution >= 4 is 27.7 Å². The van der Waals surface area contributed by atoms with Crippen molar-refractivity contribution in [1.29, 1.82) is 0 Å². The van der Waals surface area contributed by atoms with E-state index < -0.39 is 0 Å². The fourth-order valence-electron chi connectivity index (χ4n) is 3.41. The van der Waals surface area contributed by atoms with Crippen molar-refractivity contribution in [2.45, 2.75) is 0 Å². The maximum atomic E-state index is 12.6.